The van der Waals surface area contributed by atoms with Gasteiger partial charge < -0.3 is 14.8 Å². The van der Waals surface area contributed by atoms with E-state index in [2.05, 4.69) is 0 Å². The second-order valence-corrected chi connectivity index (χ2v) is 6.73. The van der Waals surface area contributed by atoms with E-state index < -0.39 is 5.97 Å². The summed E-state index contributed by atoms with van der Waals surface area (Å²) in [6, 6.07) is 12.3. The van der Waals surface area contributed by atoms with E-state index in [1.54, 1.807) is 25.2 Å². The van der Waals surface area contributed by atoms with Gasteiger partial charge in [0.1, 0.15) is 0 Å². The topological polar surface area (TPSA) is 79.5 Å². The number of carboxylic acids is 1. The first kappa shape index (κ1) is 17.1. The summed E-state index contributed by atoms with van der Waals surface area (Å²) in [6.45, 7) is 0. The zero-order chi connectivity index (χ0) is 17.0. The third-order valence-electron chi connectivity index (χ3n) is 3.21. The van der Waals surface area contributed by atoms with Crippen molar-refractivity contribution in [1.82, 2.24) is 4.57 Å². The number of aliphatic hydroxyl groups is 1. The van der Waals surface area contributed by atoms with E-state index in [-0.39, 0.29) is 11.1 Å². The zero-order valence-electron chi connectivity index (χ0n) is 12.5. The molecule has 23 heavy (non-hydrogen) atoms. The predicted octanol–water partition coefficient (Wildman–Crippen LogP) is 3.25. The summed E-state index contributed by atoms with van der Waals surface area (Å²) in [6.07, 6.45) is 0. The van der Waals surface area contributed by atoms with E-state index in [0.29, 0.717) is 10.9 Å². The van der Waals surface area contributed by atoms with Crippen LogP contribution in [0.15, 0.2) is 47.3 Å². The fourth-order valence-corrected chi connectivity index (χ4v) is 4.44. The second kappa shape index (κ2) is 7.36. The summed E-state index contributed by atoms with van der Waals surface area (Å²) >= 11 is 0. The molecule has 0 atom stereocenters. The van der Waals surface area contributed by atoms with Gasteiger partial charge in [-0.25, -0.2) is 4.79 Å². The largest absolute Gasteiger partial charge is 0.478 e. The molecule has 120 valence electrons. The second-order valence-electron chi connectivity index (χ2n) is 4.51. The number of carbonyl (C=O) groups is 1. The Morgan fingerprint density at radius 1 is 1.04 bits per heavy atom. The highest BCUT2D eigenvalue weighted by Gasteiger charge is 2.07. The maximum absolute atomic E-state index is 12.6. The molecular formula is C16H15NO4S2. The standard InChI is InChI=1S/C15H11NO3S2.CH4O/c1-16-11-8-9(15(18)19)6-7-13(11)21-20-12-5-3-2-4-10(12)14(16)17;1-2/h2-8H,1H3,(H,18,19);2H,1H3. The number of nitrogens with zero attached hydrogens (tertiary/aromatic N) is 1. The van der Waals surface area contributed by atoms with Gasteiger partial charge in [0.25, 0.3) is 5.56 Å². The van der Waals surface area contributed by atoms with Crippen LogP contribution in [0.2, 0.25) is 0 Å². The molecule has 2 aromatic carbocycles. The molecule has 5 nitrogen and oxygen atoms in total. The number of hydrogen-bond acceptors (Lipinski definition) is 5. The van der Waals surface area contributed by atoms with E-state index in [4.69, 9.17) is 10.2 Å². The molecule has 0 aliphatic carbocycles. The Morgan fingerprint density at radius 3 is 2.39 bits per heavy atom. The Balaban J connectivity index is 0.000000924. The molecule has 0 saturated heterocycles. The normalized spacial score (nSPS) is 10.0. The molecule has 3 rings (SSSR count). The molecule has 2 N–H and O–H groups in total. The van der Waals surface area contributed by atoms with Crippen molar-refractivity contribution in [2.24, 2.45) is 7.05 Å². The number of aliphatic hydroxyl groups excluding tert-OH is 1. The molecule has 7 heteroatoms. The van der Waals surface area contributed by atoms with Crippen molar-refractivity contribution in [2.45, 2.75) is 0 Å². The number of benzene rings is 2. The van der Waals surface area contributed by atoms with Crippen LogP contribution in [0.5, 0.6) is 0 Å². The zero-order valence-corrected chi connectivity index (χ0v) is 14.1. The van der Waals surface area contributed by atoms with Crippen molar-refractivity contribution in [3.63, 3.8) is 0 Å². The Kier molecular flexibility index (Phi) is 5.49. The van der Waals surface area contributed by atoms with Gasteiger partial charge in [0.15, 0.2) is 0 Å². The van der Waals surface area contributed by atoms with Crippen molar-refractivity contribution in [3.05, 3.63) is 58.4 Å². The number of hydrogen-bond donors (Lipinski definition) is 2. The van der Waals surface area contributed by atoms with Crippen LogP contribution in [0.25, 0.3) is 20.3 Å². The Morgan fingerprint density at radius 2 is 1.70 bits per heavy atom. The van der Waals surface area contributed by atoms with Gasteiger partial charge in [0, 0.05) is 14.2 Å². The van der Waals surface area contributed by atoms with E-state index in [1.165, 1.54) is 31.3 Å². The third kappa shape index (κ3) is 3.42. The van der Waals surface area contributed by atoms with Gasteiger partial charge in [-0.3, -0.25) is 4.79 Å². The first-order valence-corrected chi connectivity index (χ1v) is 8.76. The van der Waals surface area contributed by atoms with Crippen LogP contribution >= 0.6 is 20.7 Å². The van der Waals surface area contributed by atoms with E-state index in [9.17, 15) is 9.59 Å². The highest BCUT2D eigenvalue weighted by molar-refractivity contribution is 7.73. The summed E-state index contributed by atoms with van der Waals surface area (Å²) < 4.78 is 3.29. The number of aromatic nitrogens is 1. The first-order chi connectivity index (χ1) is 11.1. The monoisotopic (exact) mass is 349 g/mol. The highest BCUT2D eigenvalue weighted by atomic mass is 32.9. The molecule has 3 aromatic rings. The molecule has 0 amide bonds. The lowest BCUT2D eigenvalue weighted by molar-refractivity contribution is 0.0697. The number of carboxylic acid groups (broad SMARTS) is 1. The minimum Gasteiger partial charge on any atom is -0.478 e. The molecule has 0 bridgehead atoms. The molecule has 0 aliphatic heterocycles. The lowest BCUT2D eigenvalue weighted by Crippen LogP contribution is -2.15. The highest BCUT2D eigenvalue weighted by Crippen LogP contribution is 2.24. The van der Waals surface area contributed by atoms with Crippen LogP contribution in [0, 0.1) is 0 Å². The Labute approximate surface area is 139 Å². The Bertz CT molecular complexity index is 967. The molecule has 0 saturated carbocycles. The first-order valence-electron chi connectivity index (χ1n) is 6.61. The van der Waals surface area contributed by atoms with Crippen LogP contribution in [0.4, 0.5) is 0 Å². The van der Waals surface area contributed by atoms with Gasteiger partial charge in [-0.1, -0.05) is 32.8 Å². The third-order valence-corrected chi connectivity index (χ3v) is 5.68. The fourth-order valence-electron chi connectivity index (χ4n) is 2.08. The maximum Gasteiger partial charge on any atom is 0.335 e. The fraction of sp³-hybridized carbons (Fsp3) is 0.125. The summed E-state index contributed by atoms with van der Waals surface area (Å²) in [5, 5.41) is 16.7. The van der Waals surface area contributed by atoms with E-state index in [1.807, 2.05) is 18.2 Å². The molecule has 0 spiro atoms. The van der Waals surface area contributed by atoms with Gasteiger partial charge >= 0.3 is 5.97 Å². The quantitative estimate of drug-likeness (QED) is 0.661. The number of rotatable bonds is 1. The molecular weight excluding hydrogens is 334 g/mol. The SMILES string of the molecule is CO.Cn1c(=O)c2ccccc2ssc2ccc(C(=O)O)cc21. The molecule has 1 heterocycles. The smallest absolute Gasteiger partial charge is 0.335 e. The van der Waals surface area contributed by atoms with Gasteiger partial charge in [0.05, 0.1) is 25.9 Å². The minimum atomic E-state index is -1.00. The lowest BCUT2D eigenvalue weighted by Gasteiger charge is -2.04. The van der Waals surface area contributed by atoms with Crippen LogP contribution < -0.4 is 5.56 Å². The number of fused-ring (bicyclic) bond motifs is 2. The van der Waals surface area contributed by atoms with Crippen molar-refractivity contribution < 1.29 is 15.0 Å². The predicted molar refractivity (Wildman–Crippen MR) is 95.2 cm³/mol. The van der Waals surface area contributed by atoms with Crippen molar-refractivity contribution in [1.29, 1.82) is 0 Å². The van der Waals surface area contributed by atoms with Crippen molar-refractivity contribution in [2.75, 3.05) is 7.11 Å². The van der Waals surface area contributed by atoms with Crippen molar-refractivity contribution >= 4 is 47.0 Å². The van der Waals surface area contributed by atoms with Crippen LogP contribution in [0.3, 0.4) is 0 Å². The van der Waals surface area contributed by atoms with Crippen LogP contribution in [-0.2, 0) is 7.05 Å². The van der Waals surface area contributed by atoms with Gasteiger partial charge in [-0.05, 0) is 30.3 Å². The van der Waals surface area contributed by atoms with Gasteiger partial charge in [0.2, 0.25) is 0 Å². The van der Waals surface area contributed by atoms with E-state index >= 15 is 0 Å². The molecule has 0 aliphatic rings. The van der Waals surface area contributed by atoms with E-state index in [0.717, 1.165) is 16.5 Å². The molecule has 0 fully saturated rings. The number of aryl methyl sites for hydroxylation is 1. The molecule has 1 aromatic heterocycles. The summed E-state index contributed by atoms with van der Waals surface area (Å²) in [7, 11) is 5.70. The summed E-state index contributed by atoms with van der Waals surface area (Å²) in [5.74, 6) is -1.00. The van der Waals surface area contributed by atoms with Crippen LogP contribution in [0.1, 0.15) is 10.4 Å². The average molecular weight is 349 g/mol. The van der Waals surface area contributed by atoms with Gasteiger partial charge in [-0.2, -0.15) is 0 Å². The lowest BCUT2D eigenvalue weighted by atomic mass is 10.2. The summed E-state index contributed by atoms with van der Waals surface area (Å²) in [5.41, 5.74) is 0.655. The maximum atomic E-state index is 12.6. The Hall–Kier alpha value is -2.22. The van der Waals surface area contributed by atoms with Crippen LogP contribution in [-0.4, -0.2) is 27.9 Å². The van der Waals surface area contributed by atoms with Gasteiger partial charge in [-0.15, -0.1) is 0 Å². The average Bonchev–Trinajstić information content (AvgIpc) is 2.59. The molecule has 0 unspecified atom stereocenters. The molecule has 0 radical (unpaired) electrons. The minimum absolute atomic E-state index is 0.137. The number of aromatic carboxylic acids is 1. The van der Waals surface area contributed by atoms with Crippen molar-refractivity contribution in [3.8, 4) is 0 Å². The summed E-state index contributed by atoms with van der Waals surface area (Å²) in [4.78, 5) is 23.7.